The normalized spacial score (nSPS) is 17.4. The van der Waals surface area contributed by atoms with Crippen molar-refractivity contribution in [2.24, 2.45) is 5.41 Å². The summed E-state index contributed by atoms with van der Waals surface area (Å²) in [6, 6.07) is 3.55. The Kier molecular flexibility index (Phi) is 5.94. The molecule has 0 aromatic carbocycles. The minimum absolute atomic E-state index is 0.00355. The Morgan fingerprint density at radius 3 is 2.29 bits per heavy atom. The van der Waals surface area contributed by atoms with Gasteiger partial charge in [0, 0.05) is 50.5 Å². The van der Waals surface area contributed by atoms with E-state index in [9.17, 15) is 9.59 Å². The van der Waals surface area contributed by atoms with Gasteiger partial charge in [0.15, 0.2) is 0 Å². The second kappa shape index (κ2) is 7.75. The highest BCUT2D eigenvalue weighted by molar-refractivity contribution is 5.89. The summed E-state index contributed by atoms with van der Waals surface area (Å²) in [5.74, 6) is -0.101. The van der Waals surface area contributed by atoms with E-state index in [1.165, 1.54) is 5.56 Å². The first-order valence-electron chi connectivity index (χ1n) is 8.48. The van der Waals surface area contributed by atoms with Crippen LogP contribution in [0.3, 0.4) is 0 Å². The number of hydrogen-bond donors (Lipinski definition) is 1. The SMILES string of the molecule is CC(NC(=O)C(C)(C)C)C(=O)N1CCN(Cc2ccncc2)CC1. The molecule has 1 aromatic heterocycles. The molecule has 0 saturated carbocycles. The lowest BCUT2D eigenvalue weighted by Gasteiger charge is -2.36. The number of pyridine rings is 1. The van der Waals surface area contributed by atoms with Gasteiger partial charge in [-0.1, -0.05) is 20.8 Å². The van der Waals surface area contributed by atoms with Crippen LogP contribution in [-0.4, -0.2) is 58.8 Å². The van der Waals surface area contributed by atoms with Gasteiger partial charge in [-0.2, -0.15) is 0 Å². The maximum atomic E-state index is 12.5. The number of aromatic nitrogens is 1. The van der Waals surface area contributed by atoms with Crippen LogP contribution in [0.2, 0.25) is 0 Å². The van der Waals surface area contributed by atoms with E-state index >= 15 is 0 Å². The maximum absolute atomic E-state index is 12.5. The van der Waals surface area contributed by atoms with Crippen molar-refractivity contribution in [3.05, 3.63) is 30.1 Å². The van der Waals surface area contributed by atoms with Crippen LogP contribution in [-0.2, 0) is 16.1 Å². The second-order valence-electron chi connectivity index (χ2n) is 7.40. The van der Waals surface area contributed by atoms with Gasteiger partial charge in [0.2, 0.25) is 11.8 Å². The minimum Gasteiger partial charge on any atom is -0.344 e. The monoisotopic (exact) mass is 332 g/mol. The molecule has 1 aliphatic heterocycles. The Morgan fingerprint density at radius 1 is 1.17 bits per heavy atom. The highest BCUT2D eigenvalue weighted by atomic mass is 16.2. The second-order valence-corrected chi connectivity index (χ2v) is 7.40. The van der Waals surface area contributed by atoms with E-state index in [1.54, 1.807) is 19.3 Å². The smallest absolute Gasteiger partial charge is 0.244 e. The number of hydrogen-bond acceptors (Lipinski definition) is 4. The van der Waals surface area contributed by atoms with Gasteiger partial charge >= 0.3 is 0 Å². The molecule has 1 aromatic rings. The van der Waals surface area contributed by atoms with Gasteiger partial charge in [-0.3, -0.25) is 19.5 Å². The molecule has 1 saturated heterocycles. The van der Waals surface area contributed by atoms with Crippen molar-refractivity contribution in [1.29, 1.82) is 0 Å². The molecule has 132 valence electrons. The van der Waals surface area contributed by atoms with Gasteiger partial charge in [0.1, 0.15) is 6.04 Å². The third-order valence-corrected chi connectivity index (χ3v) is 4.24. The molecule has 1 aliphatic rings. The average molecular weight is 332 g/mol. The van der Waals surface area contributed by atoms with E-state index in [4.69, 9.17) is 0 Å². The molecule has 0 radical (unpaired) electrons. The molecule has 0 spiro atoms. The fourth-order valence-electron chi connectivity index (χ4n) is 2.62. The van der Waals surface area contributed by atoms with E-state index in [1.807, 2.05) is 37.8 Å². The van der Waals surface area contributed by atoms with Gasteiger partial charge < -0.3 is 10.2 Å². The molecule has 24 heavy (non-hydrogen) atoms. The average Bonchev–Trinajstić information content (AvgIpc) is 2.55. The summed E-state index contributed by atoms with van der Waals surface area (Å²) < 4.78 is 0. The van der Waals surface area contributed by atoms with Crippen LogP contribution < -0.4 is 5.32 Å². The van der Waals surface area contributed by atoms with Crippen LogP contribution in [0.4, 0.5) is 0 Å². The highest BCUT2D eigenvalue weighted by Gasteiger charge is 2.29. The van der Waals surface area contributed by atoms with Crippen molar-refractivity contribution < 1.29 is 9.59 Å². The zero-order valence-electron chi connectivity index (χ0n) is 15.1. The molecule has 2 heterocycles. The first-order valence-corrected chi connectivity index (χ1v) is 8.48. The first-order chi connectivity index (χ1) is 11.3. The number of amides is 2. The molecule has 1 atom stereocenters. The predicted molar refractivity (Wildman–Crippen MR) is 93.2 cm³/mol. The molecule has 2 amide bonds. The quantitative estimate of drug-likeness (QED) is 0.902. The molecule has 0 bridgehead atoms. The third-order valence-electron chi connectivity index (χ3n) is 4.24. The molecule has 1 N–H and O–H groups in total. The van der Waals surface area contributed by atoms with Crippen molar-refractivity contribution in [3.63, 3.8) is 0 Å². The van der Waals surface area contributed by atoms with E-state index in [2.05, 4.69) is 15.2 Å². The zero-order valence-corrected chi connectivity index (χ0v) is 15.1. The number of carbonyl (C=O) groups is 2. The fraction of sp³-hybridized carbons (Fsp3) is 0.611. The molecule has 6 nitrogen and oxygen atoms in total. The summed E-state index contributed by atoms with van der Waals surface area (Å²) >= 11 is 0. The van der Waals surface area contributed by atoms with Crippen LogP contribution in [0.1, 0.15) is 33.3 Å². The lowest BCUT2D eigenvalue weighted by molar-refractivity contribution is -0.139. The van der Waals surface area contributed by atoms with E-state index in [-0.39, 0.29) is 11.8 Å². The fourth-order valence-corrected chi connectivity index (χ4v) is 2.62. The van der Waals surface area contributed by atoms with Gasteiger partial charge in [-0.05, 0) is 24.6 Å². The van der Waals surface area contributed by atoms with Gasteiger partial charge in [0.05, 0.1) is 0 Å². The predicted octanol–water partition coefficient (Wildman–Crippen LogP) is 1.28. The maximum Gasteiger partial charge on any atom is 0.244 e. The summed E-state index contributed by atoms with van der Waals surface area (Å²) in [6.07, 6.45) is 3.60. The molecular formula is C18H28N4O2. The van der Waals surface area contributed by atoms with Crippen molar-refractivity contribution in [2.75, 3.05) is 26.2 Å². The molecule has 0 aliphatic carbocycles. The summed E-state index contributed by atoms with van der Waals surface area (Å²) in [5, 5.41) is 2.82. The summed E-state index contributed by atoms with van der Waals surface area (Å²) in [6.45, 7) is 11.2. The number of piperazine rings is 1. The standard InChI is InChI=1S/C18H28N4O2/c1-14(20-17(24)18(2,3)4)16(23)22-11-9-21(10-12-22)13-15-5-7-19-8-6-15/h5-8,14H,9-13H2,1-4H3,(H,20,24). The molecule has 2 rings (SSSR count). The van der Waals surface area contributed by atoms with E-state index in [0.717, 1.165) is 19.6 Å². The Hall–Kier alpha value is -1.95. The van der Waals surface area contributed by atoms with Crippen LogP contribution in [0.5, 0.6) is 0 Å². The molecular weight excluding hydrogens is 304 g/mol. The first kappa shape index (κ1) is 18.4. The Morgan fingerprint density at radius 2 is 1.75 bits per heavy atom. The van der Waals surface area contributed by atoms with Gasteiger partial charge in [-0.15, -0.1) is 0 Å². The molecule has 6 heteroatoms. The minimum atomic E-state index is -0.488. The van der Waals surface area contributed by atoms with Crippen molar-refractivity contribution in [2.45, 2.75) is 40.3 Å². The van der Waals surface area contributed by atoms with E-state index in [0.29, 0.717) is 13.1 Å². The van der Waals surface area contributed by atoms with Crippen molar-refractivity contribution in [1.82, 2.24) is 20.1 Å². The third kappa shape index (κ3) is 5.03. The van der Waals surface area contributed by atoms with Gasteiger partial charge in [-0.25, -0.2) is 0 Å². The number of carbonyl (C=O) groups excluding carboxylic acids is 2. The van der Waals surface area contributed by atoms with Crippen molar-refractivity contribution in [3.8, 4) is 0 Å². The highest BCUT2D eigenvalue weighted by Crippen LogP contribution is 2.14. The number of nitrogens with one attached hydrogen (secondary N) is 1. The Balaban J connectivity index is 1.81. The lowest BCUT2D eigenvalue weighted by atomic mass is 9.95. The summed E-state index contributed by atoms with van der Waals surface area (Å²) in [5.41, 5.74) is 0.744. The Labute approximate surface area is 144 Å². The van der Waals surface area contributed by atoms with Crippen molar-refractivity contribution >= 4 is 11.8 Å². The van der Waals surface area contributed by atoms with Crippen LogP contribution >= 0.6 is 0 Å². The Bertz CT molecular complexity index is 560. The van der Waals surface area contributed by atoms with Gasteiger partial charge in [0.25, 0.3) is 0 Å². The number of nitrogens with zero attached hydrogens (tertiary/aromatic N) is 3. The topological polar surface area (TPSA) is 65.5 Å². The van der Waals surface area contributed by atoms with Crippen LogP contribution in [0, 0.1) is 5.41 Å². The van der Waals surface area contributed by atoms with E-state index < -0.39 is 11.5 Å². The zero-order chi connectivity index (χ0) is 17.7. The largest absolute Gasteiger partial charge is 0.344 e. The summed E-state index contributed by atoms with van der Waals surface area (Å²) in [4.78, 5) is 32.7. The molecule has 1 fully saturated rings. The molecule has 1 unspecified atom stereocenters. The number of rotatable bonds is 4. The van der Waals surface area contributed by atoms with Crippen LogP contribution in [0.15, 0.2) is 24.5 Å². The van der Waals surface area contributed by atoms with Crippen LogP contribution in [0.25, 0.3) is 0 Å². The lowest BCUT2D eigenvalue weighted by Crippen LogP contribution is -2.54. The summed E-state index contributed by atoms with van der Waals surface area (Å²) in [7, 11) is 0.